The molecule has 1 atom stereocenters. The second kappa shape index (κ2) is 5.02. The van der Waals surface area contributed by atoms with Crippen LogP contribution in [0.5, 0.6) is 0 Å². The molecule has 1 aromatic carbocycles. The van der Waals surface area contributed by atoms with Crippen LogP contribution in [0, 0.1) is 24.2 Å². The van der Waals surface area contributed by atoms with Crippen LogP contribution in [0.2, 0.25) is 0 Å². The highest BCUT2D eigenvalue weighted by molar-refractivity contribution is 5.51. The fourth-order valence-electron chi connectivity index (χ4n) is 3.11. The summed E-state index contributed by atoms with van der Waals surface area (Å²) in [6.07, 6.45) is 2.94. The Morgan fingerprint density at radius 1 is 1.44 bits per heavy atom. The SMILES string of the molecule is Cc1cccc(N2CCC(CC#N)CC2(C)C)c1. The molecule has 2 rings (SSSR count). The van der Waals surface area contributed by atoms with E-state index in [-0.39, 0.29) is 5.54 Å². The first-order valence-electron chi connectivity index (χ1n) is 6.74. The number of anilines is 1. The second-order valence-electron chi connectivity index (χ2n) is 6.02. The summed E-state index contributed by atoms with van der Waals surface area (Å²) >= 11 is 0. The predicted octanol–water partition coefficient (Wildman–Crippen LogP) is 3.90. The summed E-state index contributed by atoms with van der Waals surface area (Å²) in [5, 5.41) is 8.84. The van der Waals surface area contributed by atoms with Gasteiger partial charge in [0.1, 0.15) is 0 Å². The van der Waals surface area contributed by atoms with Crippen molar-refractivity contribution in [1.29, 1.82) is 5.26 Å². The highest BCUT2D eigenvalue weighted by atomic mass is 15.2. The third-order valence-corrected chi connectivity index (χ3v) is 3.97. The van der Waals surface area contributed by atoms with Crippen LogP contribution in [0.25, 0.3) is 0 Å². The molecule has 18 heavy (non-hydrogen) atoms. The number of hydrogen-bond donors (Lipinski definition) is 0. The van der Waals surface area contributed by atoms with Crippen LogP contribution in [0.3, 0.4) is 0 Å². The normalized spacial score (nSPS) is 22.6. The van der Waals surface area contributed by atoms with E-state index in [1.807, 2.05) is 0 Å². The summed E-state index contributed by atoms with van der Waals surface area (Å²) in [5.41, 5.74) is 2.77. The molecule has 1 fully saturated rings. The molecule has 2 heteroatoms. The van der Waals surface area contributed by atoms with Gasteiger partial charge in [-0.2, -0.15) is 5.26 Å². The van der Waals surface area contributed by atoms with Crippen molar-refractivity contribution in [3.05, 3.63) is 29.8 Å². The lowest BCUT2D eigenvalue weighted by Crippen LogP contribution is -2.50. The topological polar surface area (TPSA) is 27.0 Å². The van der Waals surface area contributed by atoms with Crippen molar-refractivity contribution in [2.75, 3.05) is 11.4 Å². The molecular formula is C16H22N2. The Morgan fingerprint density at radius 3 is 2.83 bits per heavy atom. The first-order chi connectivity index (χ1) is 8.53. The molecule has 0 N–H and O–H groups in total. The Balaban J connectivity index is 2.18. The largest absolute Gasteiger partial charge is 0.366 e. The summed E-state index contributed by atoms with van der Waals surface area (Å²) in [7, 11) is 0. The van der Waals surface area contributed by atoms with E-state index in [2.05, 4.69) is 56.0 Å². The summed E-state index contributed by atoms with van der Waals surface area (Å²) < 4.78 is 0. The van der Waals surface area contributed by atoms with Gasteiger partial charge in [0.15, 0.2) is 0 Å². The first-order valence-corrected chi connectivity index (χ1v) is 6.74. The number of nitrogens with zero attached hydrogens (tertiary/aromatic N) is 2. The van der Waals surface area contributed by atoms with Crippen LogP contribution in [0.4, 0.5) is 5.69 Å². The van der Waals surface area contributed by atoms with Gasteiger partial charge in [-0.05, 0) is 57.2 Å². The van der Waals surface area contributed by atoms with E-state index in [0.29, 0.717) is 12.3 Å². The molecule has 2 nitrogen and oxygen atoms in total. The number of nitriles is 1. The minimum Gasteiger partial charge on any atom is -0.366 e. The van der Waals surface area contributed by atoms with Crippen molar-refractivity contribution in [2.45, 2.75) is 45.6 Å². The Kier molecular flexibility index (Phi) is 3.61. The van der Waals surface area contributed by atoms with Gasteiger partial charge in [-0.25, -0.2) is 0 Å². The fourth-order valence-corrected chi connectivity index (χ4v) is 3.11. The lowest BCUT2D eigenvalue weighted by atomic mass is 9.81. The molecule has 0 aromatic heterocycles. The third kappa shape index (κ3) is 2.67. The zero-order valence-corrected chi connectivity index (χ0v) is 11.6. The van der Waals surface area contributed by atoms with Crippen LogP contribution in [-0.2, 0) is 0 Å². The summed E-state index contributed by atoms with van der Waals surface area (Å²) in [6.45, 7) is 7.78. The molecule has 0 amide bonds. The standard InChI is InChI=1S/C16H22N2/c1-13-5-4-6-15(11-13)18-10-8-14(7-9-17)12-16(18,2)3/h4-6,11,14H,7-8,10,12H2,1-3H3. The average Bonchev–Trinajstić information content (AvgIpc) is 2.28. The molecule has 1 aliphatic heterocycles. The summed E-state index contributed by atoms with van der Waals surface area (Å²) in [6, 6.07) is 11.0. The molecule has 0 bridgehead atoms. The van der Waals surface area contributed by atoms with E-state index in [0.717, 1.165) is 19.4 Å². The molecule has 1 saturated heterocycles. The maximum absolute atomic E-state index is 8.84. The summed E-state index contributed by atoms with van der Waals surface area (Å²) in [5.74, 6) is 0.561. The van der Waals surface area contributed by atoms with Gasteiger partial charge in [-0.1, -0.05) is 12.1 Å². The van der Waals surface area contributed by atoms with Crippen LogP contribution in [-0.4, -0.2) is 12.1 Å². The molecule has 0 spiro atoms. The van der Waals surface area contributed by atoms with Crippen molar-refractivity contribution in [3.63, 3.8) is 0 Å². The average molecular weight is 242 g/mol. The van der Waals surface area contributed by atoms with Crippen LogP contribution in [0.15, 0.2) is 24.3 Å². The quantitative estimate of drug-likeness (QED) is 0.786. The van der Waals surface area contributed by atoms with Crippen molar-refractivity contribution >= 4 is 5.69 Å². The van der Waals surface area contributed by atoms with E-state index >= 15 is 0 Å². The van der Waals surface area contributed by atoms with Gasteiger partial charge < -0.3 is 4.90 Å². The monoisotopic (exact) mass is 242 g/mol. The smallest absolute Gasteiger partial charge is 0.0624 e. The maximum atomic E-state index is 8.84. The van der Waals surface area contributed by atoms with Gasteiger partial charge in [0.05, 0.1) is 6.07 Å². The molecular weight excluding hydrogens is 220 g/mol. The van der Waals surface area contributed by atoms with E-state index < -0.39 is 0 Å². The van der Waals surface area contributed by atoms with Crippen molar-refractivity contribution in [1.82, 2.24) is 0 Å². The zero-order chi connectivity index (χ0) is 13.2. The lowest BCUT2D eigenvalue weighted by Gasteiger charge is -2.47. The van der Waals surface area contributed by atoms with E-state index in [1.165, 1.54) is 11.3 Å². The number of rotatable bonds is 2. The number of aryl methyl sites for hydroxylation is 1. The zero-order valence-electron chi connectivity index (χ0n) is 11.6. The van der Waals surface area contributed by atoms with Crippen molar-refractivity contribution in [3.8, 4) is 6.07 Å². The highest BCUT2D eigenvalue weighted by Gasteiger charge is 2.34. The number of hydrogen-bond acceptors (Lipinski definition) is 2. The fraction of sp³-hybridized carbons (Fsp3) is 0.562. The molecule has 1 aliphatic rings. The Bertz CT molecular complexity index is 456. The molecule has 1 aromatic rings. The van der Waals surface area contributed by atoms with Gasteiger partial charge in [-0.3, -0.25) is 0 Å². The van der Waals surface area contributed by atoms with Gasteiger partial charge in [-0.15, -0.1) is 0 Å². The van der Waals surface area contributed by atoms with Gasteiger partial charge in [0, 0.05) is 24.2 Å². The second-order valence-corrected chi connectivity index (χ2v) is 6.02. The van der Waals surface area contributed by atoms with Gasteiger partial charge in [0.25, 0.3) is 0 Å². The molecule has 1 heterocycles. The van der Waals surface area contributed by atoms with Crippen molar-refractivity contribution in [2.24, 2.45) is 5.92 Å². The molecule has 0 aliphatic carbocycles. The van der Waals surface area contributed by atoms with E-state index in [1.54, 1.807) is 0 Å². The minimum atomic E-state index is 0.146. The van der Waals surface area contributed by atoms with Crippen LogP contribution >= 0.6 is 0 Å². The third-order valence-electron chi connectivity index (χ3n) is 3.97. The highest BCUT2D eigenvalue weighted by Crippen LogP contribution is 2.36. The Morgan fingerprint density at radius 2 is 2.22 bits per heavy atom. The number of piperidine rings is 1. The van der Waals surface area contributed by atoms with E-state index in [9.17, 15) is 0 Å². The first kappa shape index (κ1) is 13.0. The van der Waals surface area contributed by atoms with Gasteiger partial charge in [0.2, 0.25) is 0 Å². The number of benzene rings is 1. The van der Waals surface area contributed by atoms with Gasteiger partial charge >= 0.3 is 0 Å². The van der Waals surface area contributed by atoms with E-state index in [4.69, 9.17) is 5.26 Å². The van der Waals surface area contributed by atoms with Crippen molar-refractivity contribution < 1.29 is 0 Å². The predicted molar refractivity (Wildman–Crippen MR) is 75.6 cm³/mol. The lowest BCUT2D eigenvalue weighted by molar-refractivity contribution is 0.277. The maximum Gasteiger partial charge on any atom is 0.0624 e. The Hall–Kier alpha value is -1.49. The minimum absolute atomic E-state index is 0.146. The Labute approximate surface area is 110 Å². The van der Waals surface area contributed by atoms with Crippen LogP contribution in [0.1, 0.15) is 38.7 Å². The van der Waals surface area contributed by atoms with Crippen LogP contribution < -0.4 is 4.90 Å². The molecule has 96 valence electrons. The molecule has 0 saturated carbocycles. The molecule has 0 radical (unpaired) electrons. The molecule has 1 unspecified atom stereocenters. The summed E-state index contributed by atoms with van der Waals surface area (Å²) in [4.78, 5) is 2.49.